The Morgan fingerprint density at radius 1 is 1.47 bits per heavy atom. The smallest absolute Gasteiger partial charge is 0.337 e. The van der Waals surface area contributed by atoms with E-state index in [1.807, 2.05) is 6.92 Å². The van der Waals surface area contributed by atoms with Crippen LogP contribution in [0.3, 0.4) is 0 Å². The molecule has 1 heterocycles. The molecule has 0 aliphatic heterocycles. The fraction of sp³-hybridized carbons (Fsp3) is 0.500. The second kappa shape index (κ2) is 4.90. The van der Waals surface area contributed by atoms with Gasteiger partial charge < -0.3 is 5.11 Å². The predicted octanol–water partition coefficient (Wildman–Crippen LogP) is 1.39. The van der Waals surface area contributed by atoms with E-state index in [2.05, 4.69) is 9.71 Å². The highest BCUT2D eigenvalue weighted by atomic mass is 32.2. The molecule has 1 aliphatic rings. The maximum Gasteiger partial charge on any atom is 0.337 e. The molecule has 2 N–H and O–H groups in total. The van der Waals surface area contributed by atoms with E-state index in [9.17, 15) is 13.2 Å². The van der Waals surface area contributed by atoms with Crippen LogP contribution in [0.1, 0.15) is 43.0 Å². The van der Waals surface area contributed by atoms with Crippen LogP contribution in [0.25, 0.3) is 0 Å². The molecule has 6 nitrogen and oxygen atoms in total. The summed E-state index contributed by atoms with van der Waals surface area (Å²) in [6, 6.07) is 2.46. The molecule has 1 aromatic heterocycles. The van der Waals surface area contributed by atoms with Crippen molar-refractivity contribution in [3.63, 3.8) is 0 Å². The zero-order chi connectivity index (χ0) is 14.1. The molecule has 0 amide bonds. The first-order valence-electron chi connectivity index (χ1n) is 6.12. The molecule has 2 rings (SSSR count). The summed E-state index contributed by atoms with van der Waals surface area (Å²) in [5.41, 5.74) is -0.390. The van der Waals surface area contributed by atoms with Gasteiger partial charge in [-0.3, -0.25) is 0 Å². The van der Waals surface area contributed by atoms with Gasteiger partial charge in [0.15, 0.2) is 5.03 Å². The Labute approximate surface area is 111 Å². The van der Waals surface area contributed by atoms with Gasteiger partial charge in [-0.1, -0.05) is 6.92 Å². The number of hydrogen-bond donors (Lipinski definition) is 2. The molecule has 0 aromatic carbocycles. The number of sulfonamides is 1. The number of carboxylic acid groups (broad SMARTS) is 1. The average Bonchev–Trinajstić information content (AvgIpc) is 2.34. The maximum atomic E-state index is 12.2. The average molecular weight is 284 g/mol. The molecule has 1 fully saturated rings. The Kier molecular flexibility index (Phi) is 3.60. The SMILES string of the molecule is CCC1(NS(=O)(=O)c2ccc(C(=O)O)cn2)CCC1. The van der Waals surface area contributed by atoms with Crippen molar-refractivity contribution in [2.75, 3.05) is 0 Å². The number of aromatic carboxylic acids is 1. The lowest BCUT2D eigenvalue weighted by Gasteiger charge is -2.41. The number of carbonyl (C=O) groups is 1. The Morgan fingerprint density at radius 2 is 2.16 bits per heavy atom. The van der Waals surface area contributed by atoms with E-state index in [4.69, 9.17) is 5.11 Å². The van der Waals surface area contributed by atoms with Crippen molar-refractivity contribution in [1.29, 1.82) is 0 Å². The highest BCUT2D eigenvalue weighted by molar-refractivity contribution is 7.89. The van der Waals surface area contributed by atoms with Gasteiger partial charge in [-0.2, -0.15) is 0 Å². The third-order valence-electron chi connectivity index (χ3n) is 3.60. The van der Waals surface area contributed by atoms with Crippen molar-refractivity contribution >= 4 is 16.0 Å². The Morgan fingerprint density at radius 3 is 2.53 bits per heavy atom. The molecule has 0 saturated heterocycles. The van der Waals surface area contributed by atoms with Crippen LogP contribution in [-0.4, -0.2) is 30.0 Å². The minimum absolute atomic E-state index is 0.0344. The molecule has 104 valence electrons. The third kappa shape index (κ3) is 2.76. The minimum atomic E-state index is -3.69. The van der Waals surface area contributed by atoms with E-state index in [0.29, 0.717) is 0 Å². The van der Waals surface area contributed by atoms with Gasteiger partial charge in [0, 0.05) is 11.7 Å². The van der Waals surface area contributed by atoms with Crippen molar-refractivity contribution in [2.45, 2.75) is 43.2 Å². The van der Waals surface area contributed by atoms with Crippen molar-refractivity contribution in [3.05, 3.63) is 23.9 Å². The molecule has 19 heavy (non-hydrogen) atoms. The molecule has 0 unspecified atom stereocenters. The largest absolute Gasteiger partial charge is 0.478 e. The second-order valence-corrected chi connectivity index (χ2v) is 6.41. The number of rotatable bonds is 5. The lowest BCUT2D eigenvalue weighted by atomic mass is 9.76. The van der Waals surface area contributed by atoms with Crippen LogP contribution >= 0.6 is 0 Å². The molecule has 7 heteroatoms. The van der Waals surface area contributed by atoms with Gasteiger partial charge in [-0.05, 0) is 37.8 Å². The molecular weight excluding hydrogens is 268 g/mol. The van der Waals surface area contributed by atoms with Gasteiger partial charge >= 0.3 is 5.97 Å². The predicted molar refractivity (Wildman–Crippen MR) is 68.4 cm³/mol. The quantitative estimate of drug-likeness (QED) is 0.851. The Balaban J connectivity index is 2.22. The standard InChI is InChI=1S/C12H16N2O4S/c1-2-12(6-3-7-12)14-19(17,18)10-5-4-9(8-13-10)11(15)16/h4-5,8,14H,2-3,6-7H2,1H3,(H,15,16). The van der Waals surface area contributed by atoms with Crippen LogP contribution in [0.2, 0.25) is 0 Å². The Hall–Kier alpha value is -1.47. The number of nitrogens with zero attached hydrogens (tertiary/aromatic N) is 1. The van der Waals surface area contributed by atoms with E-state index in [-0.39, 0.29) is 16.1 Å². The van der Waals surface area contributed by atoms with Crippen molar-refractivity contribution in [1.82, 2.24) is 9.71 Å². The van der Waals surface area contributed by atoms with Crippen molar-refractivity contribution in [3.8, 4) is 0 Å². The molecule has 1 aromatic rings. The van der Waals surface area contributed by atoms with Crippen LogP contribution < -0.4 is 4.72 Å². The molecule has 0 atom stereocenters. The van der Waals surface area contributed by atoms with Gasteiger partial charge in [0.25, 0.3) is 10.0 Å². The van der Waals surface area contributed by atoms with E-state index in [0.717, 1.165) is 31.9 Å². The highest BCUT2D eigenvalue weighted by Crippen LogP contribution is 2.35. The van der Waals surface area contributed by atoms with Gasteiger partial charge in [-0.25, -0.2) is 22.9 Å². The summed E-state index contributed by atoms with van der Waals surface area (Å²) in [5.74, 6) is -1.13. The van der Waals surface area contributed by atoms with Crippen LogP contribution in [0, 0.1) is 0 Å². The van der Waals surface area contributed by atoms with Gasteiger partial charge in [0.2, 0.25) is 0 Å². The molecule has 1 aliphatic carbocycles. The summed E-state index contributed by atoms with van der Waals surface area (Å²) in [6.07, 6.45) is 4.46. The first-order valence-corrected chi connectivity index (χ1v) is 7.60. The summed E-state index contributed by atoms with van der Waals surface area (Å²) in [4.78, 5) is 14.4. The molecule has 0 spiro atoms. The van der Waals surface area contributed by atoms with Crippen LogP contribution in [0.4, 0.5) is 0 Å². The lowest BCUT2D eigenvalue weighted by Crippen LogP contribution is -2.52. The van der Waals surface area contributed by atoms with Crippen molar-refractivity contribution < 1.29 is 18.3 Å². The molecule has 1 saturated carbocycles. The topological polar surface area (TPSA) is 96.4 Å². The normalized spacial score (nSPS) is 17.7. The van der Waals surface area contributed by atoms with Crippen LogP contribution in [0.5, 0.6) is 0 Å². The fourth-order valence-electron chi connectivity index (χ4n) is 2.13. The molecule has 0 bridgehead atoms. The highest BCUT2D eigenvalue weighted by Gasteiger charge is 2.39. The van der Waals surface area contributed by atoms with Gasteiger partial charge in [0.05, 0.1) is 5.56 Å². The van der Waals surface area contributed by atoms with Crippen molar-refractivity contribution in [2.24, 2.45) is 0 Å². The minimum Gasteiger partial charge on any atom is -0.478 e. The fourth-order valence-corrected chi connectivity index (χ4v) is 3.60. The number of pyridine rings is 1. The third-order valence-corrected chi connectivity index (χ3v) is 5.09. The molecule has 0 radical (unpaired) electrons. The van der Waals surface area contributed by atoms with E-state index >= 15 is 0 Å². The summed E-state index contributed by atoms with van der Waals surface area (Å²) in [7, 11) is -3.69. The zero-order valence-electron chi connectivity index (χ0n) is 10.6. The van der Waals surface area contributed by atoms with E-state index in [1.54, 1.807) is 0 Å². The monoisotopic (exact) mass is 284 g/mol. The van der Waals surface area contributed by atoms with E-state index < -0.39 is 16.0 Å². The first kappa shape index (κ1) is 14.0. The lowest BCUT2D eigenvalue weighted by molar-refractivity contribution is 0.0696. The summed E-state index contributed by atoms with van der Waals surface area (Å²) >= 11 is 0. The van der Waals surface area contributed by atoms with Crippen LogP contribution in [-0.2, 0) is 10.0 Å². The zero-order valence-corrected chi connectivity index (χ0v) is 11.4. The first-order chi connectivity index (χ1) is 8.88. The number of aromatic nitrogens is 1. The molecular formula is C12H16N2O4S. The Bertz CT molecular complexity index is 571. The second-order valence-electron chi connectivity index (χ2n) is 4.78. The number of carboxylic acids is 1. The number of nitrogens with one attached hydrogen (secondary N) is 1. The summed E-state index contributed by atoms with van der Waals surface area (Å²) < 4.78 is 27.0. The van der Waals surface area contributed by atoms with Gasteiger partial charge in [-0.15, -0.1) is 0 Å². The summed E-state index contributed by atoms with van der Waals surface area (Å²) in [6.45, 7) is 1.95. The number of hydrogen-bond acceptors (Lipinski definition) is 4. The van der Waals surface area contributed by atoms with Gasteiger partial charge in [0.1, 0.15) is 0 Å². The van der Waals surface area contributed by atoms with E-state index in [1.165, 1.54) is 12.1 Å². The maximum absolute atomic E-state index is 12.2. The van der Waals surface area contributed by atoms with Crippen LogP contribution in [0.15, 0.2) is 23.4 Å². The summed E-state index contributed by atoms with van der Waals surface area (Å²) in [5, 5.41) is 8.60.